The van der Waals surface area contributed by atoms with Gasteiger partial charge in [-0.3, -0.25) is 13.9 Å². The molecule has 0 aromatic rings. The van der Waals surface area contributed by atoms with Gasteiger partial charge in [0, 0.05) is 12.3 Å². The van der Waals surface area contributed by atoms with E-state index in [0.29, 0.717) is 18.8 Å². The van der Waals surface area contributed by atoms with Crippen molar-refractivity contribution in [3.8, 4) is 0 Å². The van der Waals surface area contributed by atoms with Crippen LogP contribution in [0.2, 0.25) is 0 Å². The van der Waals surface area contributed by atoms with E-state index in [4.69, 9.17) is 18.1 Å². The third-order valence-corrected chi connectivity index (χ3v) is 10.5. The molecule has 2 atom stereocenters. The standard InChI is InChI=1S/C17H34O7P2/c1-6-21-25(19,22-7-2)17(26(20,23-8-3)24-9-4)13-15-12-14(5)10-11-16(15)18/h14-15,17H,6-13H2,1-5H3/t14-,15-/m0/s1. The van der Waals surface area contributed by atoms with Crippen molar-refractivity contribution in [2.75, 3.05) is 26.4 Å². The summed E-state index contributed by atoms with van der Waals surface area (Å²) in [4.78, 5) is 12.4. The lowest BCUT2D eigenvalue weighted by atomic mass is 9.80. The van der Waals surface area contributed by atoms with Crippen molar-refractivity contribution in [2.45, 2.75) is 65.7 Å². The maximum Gasteiger partial charge on any atom is 0.345 e. The Morgan fingerprint density at radius 2 is 1.35 bits per heavy atom. The fraction of sp³-hybridized carbons (Fsp3) is 0.941. The highest BCUT2D eigenvalue weighted by atomic mass is 31.2. The molecular weight excluding hydrogens is 378 g/mol. The Hall–Kier alpha value is -0.0300. The van der Waals surface area contributed by atoms with Crippen LogP contribution >= 0.6 is 15.2 Å². The first-order valence-corrected chi connectivity index (χ1v) is 12.8. The van der Waals surface area contributed by atoms with Crippen LogP contribution in [0.15, 0.2) is 0 Å². The van der Waals surface area contributed by atoms with E-state index in [1.54, 1.807) is 27.7 Å². The Morgan fingerprint density at radius 3 is 1.73 bits per heavy atom. The highest BCUT2D eigenvalue weighted by molar-refractivity contribution is 7.72. The highest BCUT2D eigenvalue weighted by Crippen LogP contribution is 2.72. The molecule has 0 N–H and O–H groups in total. The van der Waals surface area contributed by atoms with E-state index in [-0.39, 0.29) is 44.5 Å². The van der Waals surface area contributed by atoms with E-state index in [2.05, 4.69) is 6.92 Å². The van der Waals surface area contributed by atoms with Gasteiger partial charge < -0.3 is 18.1 Å². The molecule has 0 amide bonds. The summed E-state index contributed by atoms with van der Waals surface area (Å²) < 4.78 is 48.8. The number of rotatable bonds is 12. The molecule has 9 heteroatoms. The lowest BCUT2D eigenvalue weighted by Crippen LogP contribution is -2.29. The molecule has 0 bridgehead atoms. The second-order valence-electron chi connectivity index (χ2n) is 6.51. The van der Waals surface area contributed by atoms with Crippen LogP contribution < -0.4 is 0 Å². The molecule has 1 fully saturated rings. The van der Waals surface area contributed by atoms with E-state index >= 15 is 0 Å². The van der Waals surface area contributed by atoms with Crippen LogP contribution in [0, 0.1) is 11.8 Å². The van der Waals surface area contributed by atoms with Crippen LogP contribution in [-0.4, -0.2) is 37.6 Å². The molecule has 154 valence electrons. The molecule has 0 saturated heterocycles. The molecular formula is C17H34O7P2. The maximum absolute atomic E-state index is 13.5. The van der Waals surface area contributed by atoms with Crippen LogP contribution in [0.5, 0.6) is 0 Å². The van der Waals surface area contributed by atoms with E-state index in [1.165, 1.54) is 0 Å². The fourth-order valence-electron chi connectivity index (χ4n) is 3.38. The predicted octanol–water partition coefficient (Wildman–Crippen LogP) is 5.24. The maximum atomic E-state index is 13.5. The minimum absolute atomic E-state index is 0.104. The Bertz CT molecular complexity index is 487. The fourth-order valence-corrected chi connectivity index (χ4v) is 8.87. The van der Waals surface area contributed by atoms with Crippen LogP contribution in [-0.2, 0) is 32.0 Å². The number of hydrogen-bond acceptors (Lipinski definition) is 7. The Balaban J connectivity index is 3.28. The second kappa shape index (κ2) is 11.1. The molecule has 0 spiro atoms. The summed E-state index contributed by atoms with van der Waals surface area (Å²) >= 11 is 0. The van der Waals surface area contributed by atoms with Gasteiger partial charge in [0.2, 0.25) is 0 Å². The van der Waals surface area contributed by atoms with Crippen LogP contribution in [0.25, 0.3) is 0 Å². The zero-order valence-corrected chi connectivity index (χ0v) is 18.4. The highest BCUT2D eigenvalue weighted by Gasteiger charge is 2.52. The SMILES string of the molecule is CCOP(=O)(OCC)C(C[C@@H]1C[C@@H](C)CCC1=O)P(=O)(OCC)OCC. The van der Waals surface area contributed by atoms with E-state index in [9.17, 15) is 13.9 Å². The number of ketones is 1. The van der Waals surface area contributed by atoms with Gasteiger partial charge in [-0.25, -0.2) is 0 Å². The van der Waals surface area contributed by atoms with Crippen molar-refractivity contribution >= 4 is 21.0 Å². The molecule has 1 aliphatic carbocycles. The number of Topliss-reactive ketones (excluding diaryl/α,β-unsaturated/α-hetero) is 1. The van der Waals surface area contributed by atoms with Crippen molar-refractivity contribution in [3.63, 3.8) is 0 Å². The zero-order valence-electron chi connectivity index (χ0n) is 16.6. The second-order valence-corrected chi connectivity index (χ2v) is 11.4. The van der Waals surface area contributed by atoms with Gasteiger partial charge in [-0.05, 0) is 52.9 Å². The first-order chi connectivity index (χ1) is 12.3. The topological polar surface area (TPSA) is 88.1 Å². The summed E-state index contributed by atoms with van der Waals surface area (Å²) in [5.41, 5.74) is 0. The van der Waals surface area contributed by atoms with Gasteiger partial charge in [-0.2, -0.15) is 0 Å². The van der Waals surface area contributed by atoms with Gasteiger partial charge in [-0.15, -0.1) is 0 Å². The summed E-state index contributed by atoms with van der Waals surface area (Å²) in [5.74, 6) is 0.148. The predicted molar refractivity (Wildman–Crippen MR) is 102 cm³/mol. The number of carbonyl (C=O) groups excluding carboxylic acids is 1. The van der Waals surface area contributed by atoms with Crippen molar-refractivity contribution < 1.29 is 32.0 Å². The summed E-state index contributed by atoms with van der Waals surface area (Å²) in [6.07, 6.45) is 2.13. The Labute approximate surface area is 157 Å². The van der Waals surface area contributed by atoms with E-state index in [0.717, 1.165) is 6.42 Å². The molecule has 0 aromatic carbocycles. The van der Waals surface area contributed by atoms with Gasteiger partial charge in [0.1, 0.15) is 5.78 Å². The average molecular weight is 412 g/mol. The molecule has 7 nitrogen and oxygen atoms in total. The lowest BCUT2D eigenvalue weighted by molar-refractivity contribution is -0.125. The van der Waals surface area contributed by atoms with Crippen LogP contribution in [0.4, 0.5) is 0 Å². The largest absolute Gasteiger partial charge is 0.345 e. The third-order valence-electron chi connectivity index (χ3n) is 4.49. The molecule has 0 heterocycles. The smallest absolute Gasteiger partial charge is 0.308 e. The van der Waals surface area contributed by atoms with Gasteiger partial charge in [0.25, 0.3) is 0 Å². The van der Waals surface area contributed by atoms with Gasteiger partial charge in [-0.1, -0.05) is 6.92 Å². The number of carbonyl (C=O) groups is 1. The van der Waals surface area contributed by atoms with Crippen LogP contribution in [0.3, 0.4) is 0 Å². The van der Waals surface area contributed by atoms with E-state index < -0.39 is 20.6 Å². The molecule has 1 rings (SSSR count). The summed E-state index contributed by atoms with van der Waals surface area (Å²) in [6.45, 7) is 9.44. The molecule has 0 aliphatic heterocycles. The van der Waals surface area contributed by atoms with Crippen molar-refractivity contribution in [1.82, 2.24) is 0 Å². The molecule has 0 aromatic heterocycles. The summed E-state index contributed by atoms with van der Waals surface area (Å²) in [5, 5.41) is -1.10. The normalized spacial score (nSPS) is 22.2. The summed E-state index contributed by atoms with van der Waals surface area (Å²) in [6, 6.07) is 0. The molecule has 26 heavy (non-hydrogen) atoms. The average Bonchev–Trinajstić information content (AvgIpc) is 2.56. The first kappa shape index (κ1) is 24.0. The minimum atomic E-state index is -3.79. The lowest BCUT2D eigenvalue weighted by Gasteiger charge is -2.34. The minimum Gasteiger partial charge on any atom is -0.308 e. The van der Waals surface area contributed by atoms with Gasteiger partial charge in [0.05, 0.1) is 26.4 Å². The molecule has 1 saturated carbocycles. The first-order valence-electron chi connectivity index (χ1n) is 9.56. The van der Waals surface area contributed by atoms with E-state index in [1.807, 2.05) is 0 Å². The van der Waals surface area contributed by atoms with Crippen molar-refractivity contribution in [3.05, 3.63) is 0 Å². The Morgan fingerprint density at radius 1 is 0.923 bits per heavy atom. The third kappa shape index (κ3) is 6.25. The van der Waals surface area contributed by atoms with Gasteiger partial charge >= 0.3 is 15.2 Å². The molecule has 1 aliphatic rings. The zero-order chi connectivity index (χ0) is 19.8. The van der Waals surface area contributed by atoms with Gasteiger partial charge in [0.15, 0.2) is 5.40 Å². The van der Waals surface area contributed by atoms with Crippen molar-refractivity contribution in [2.24, 2.45) is 11.8 Å². The monoisotopic (exact) mass is 412 g/mol. The summed E-state index contributed by atoms with van der Waals surface area (Å²) in [7, 11) is -7.58. The number of hydrogen-bond donors (Lipinski definition) is 0. The molecule has 0 radical (unpaired) electrons. The quantitative estimate of drug-likeness (QED) is 0.405. The van der Waals surface area contributed by atoms with Crippen LogP contribution in [0.1, 0.15) is 60.3 Å². The molecule has 0 unspecified atom stereocenters. The van der Waals surface area contributed by atoms with Crippen molar-refractivity contribution in [1.29, 1.82) is 0 Å². The Kier molecular flexibility index (Phi) is 10.2.